The van der Waals surface area contributed by atoms with Gasteiger partial charge in [0.2, 0.25) is 0 Å². The summed E-state index contributed by atoms with van der Waals surface area (Å²) in [4.78, 5) is 16.8. The fourth-order valence-electron chi connectivity index (χ4n) is 3.76. The van der Waals surface area contributed by atoms with Crippen LogP contribution in [0.3, 0.4) is 0 Å². The number of benzene rings is 3. The molecule has 1 aliphatic carbocycles. The Morgan fingerprint density at radius 3 is 2.31 bits per heavy atom. The number of hydrogen-bond donors (Lipinski definition) is 1. The fraction of sp³-hybridized carbons (Fsp3) is 0.192. The van der Waals surface area contributed by atoms with E-state index in [-0.39, 0.29) is 11.9 Å². The molecule has 1 aliphatic rings. The SMILES string of the molecule is O=C(Nc1ccc(-c2ncn(-c3ccc(OC(F)(F)F)cc3)n2)cc1)OC(c1ccccc1)C1CC1. The topological polar surface area (TPSA) is 78.3 Å². The fourth-order valence-corrected chi connectivity index (χ4v) is 3.76. The van der Waals surface area contributed by atoms with Crippen LogP contribution in [0.25, 0.3) is 17.1 Å². The molecule has 1 heterocycles. The number of carbonyl (C=O) groups excluding carboxylic acids is 1. The number of alkyl halides is 3. The highest BCUT2D eigenvalue weighted by Gasteiger charge is 2.35. The van der Waals surface area contributed by atoms with E-state index in [2.05, 4.69) is 20.1 Å². The molecule has 1 atom stereocenters. The van der Waals surface area contributed by atoms with Gasteiger partial charge in [-0.3, -0.25) is 5.32 Å². The van der Waals surface area contributed by atoms with Crippen LogP contribution in [0.5, 0.6) is 5.75 Å². The first-order valence-electron chi connectivity index (χ1n) is 11.2. The van der Waals surface area contributed by atoms with E-state index in [1.807, 2.05) is 30.3 Å². The van der Waals surface area contributed by atoms with Crippen molar-refractivity contribution in [1.82, 2.24) is 14.8 Å². The number of hydrogen-bond acceptors (Lipinski definition) is 5. The molecule has 0 radical (unpaired) electrons. The number of aromatic nitrogens is 3. The predicted octanol–water partition coefficient (Wildman–Crippen LogP) is 6.53. The molecule has 1 unspecified atom stereocenters. The molecule has 0 saturated heterocycles. The van der Waals surface area contributed by atoms with Crippen LogP contribution in [0.1, 0.15) is 24.5 Å². The van der Waals surface area contributed by atoms with Gasteiger partial charge in [-0.15, -0.1) is 18.3 Å². The average Bonchev–Trinajstić information content (AvgIpc) is 3.59. The highest BCUT2D eigenvalue weighted by Crippen LogP contribution is 2.43. The smallest absolute Gasteiger partial charge is 0.441 e. The number of nitrogens with zero attached hydrogens (tertiary/aromatic N) is 3. The molecule has 3 aromatic carbocycles. The van der Waals surface area contributed by atoms with Gasteiger partial charge in [-0.2, -0.15) is 0 Å². The molecule has 36 heavy (non-hydrogen) atoms. The second kappa shape index (κ2) is 9.73. The van der Waals surface area contributed by atoms with Gasteiger partial charge < -0.3 is 9.47 Å². The highest BCUT2D eigenvalue weighted by molar-refractivity contribution is 5.85. The summed E-state index contributed by atoms with van der Waals surface area (Å²) in [6.07, 6.45) is -2.02. The van der Waals surface area contributed by atoms with Crippen molar-refractivity contribution in [3.05, 3.63) is 90.8 Å². The van der Waals surface area contributed by atoms with Gasteiger partial charge in [-0.05, 0) is 66.9 Å². The predicted molar refractivity (Wildman–Crippen MR) is 125 cm³/mol. The van der Waals surface area contributed by atoms with Gasteiger partial charge in [-0.25, -0.2) is 14.5 Å². The van der Waals surface area contributed by atoms with Crippen LogP contribution in [0.4, 0.5) is 23.7 Å². The van der Waals surface area contributed by atoms with Crippen LogP contribution in [0.15, 0.2) is 85.2 Å². The lowest BCUT2D eigenvalue weighted by atomic mass is 10.1. The van der Waals surface area contributed by atoms with E-state index in [0.29, 0.717) is 28.7 Å². The van der Waals surface area contributed by atoms with Crippen molar-refractivity contribution in [1.29, 1.82) is 0 Å². The van der Waals surface area contributed by atoms with E-state index in [4.69, 9.17) is 4.74 Å². The maximum Gasteiger partial charge on any atom is 0.573 e. The molecule has 1 amide bonds. The average molecular weight is 494 g/mol. The van der Waals surface area contributed by atoms with Crippen LogP contribution in [0, 0.1) is 5.92 Å². The molecule has 0 spiro atoms. The normalized spacial score (nSPS) is 14.2. The van der Waals surface area contributed by atoms with Crippen LogP contribution in [-0.2, 0) is 4.74 Å². The van der Waals surface area contributed by atoms with Gasteiger partial charge in [0, 0.05) is 17.2 Å². The summed E-state index contributed by atoms with van der Waals surface area (Å²) in [7, 11) is 0. The zero-order valence-electron chi connectivity index (χ0n) is 18.9. The summed E-state index contributed by atoms with van der Waals surface area (Å²) in [5.74, 6) is 0.438. The first kappa shape index (κ1) is 23.4. The van der Waals surface area contributed by atoms with Crippen molar-refractivity contribution in [2.75, 3.05) is 5.32 Å². The third-order valence-electron chi connectivity index (χ3n) is 5.63. The lowest BCUT2D eigenvalue weighted by Gasteiger charge is -2.18. The number of nitrogens with one attached hydrogen (secondary N) is 1. The van der Waals surface area contributed by atoms with Crippen molar-refractivity contribution >= 4 is 11.8 Å². The van der Waals surface area contributed by atoms with Crippen molar-refractivity contribution in [2.45, 2.75) is 25.3 Å². The summed E-state index contributed by atoms with van der Waals surface area (Å²) in [6.45, 7) is 0. The number of rotatable bonds is 7. The minimum absolute atomic E-state index is 0.271. The number of carbonyl (C=O) groups is 1. The maximum atomic E-state index is 12.5. The second-order valence-electron chi connectivity index (χ2n) is 8.33. The Labute approximate surface area is 204 Å². The molecular formula is C26H21F3N4O3. The van der Waals surface area contributed by atoms with Gasteiger partial charge in [-0.1, -0.05) is 30.3 Å². The molecule has 0 aliphatic heterocycles. The summed E-state index contributed by atoms with van der Waals surface area (Å²) in [5, 5.41) is 7.13. The molecule has 1 aromatic heterocycles. The van der Waals surface area contributed by atoms with E-state index in [1.54, 1.807) is 24.3 Å². The zero-order chi connectivity index (χ0) is 25.1. The van der Waals surface area contributed by atoms with E-state index in [9.17, 15) is 18.0 Å². The second-order valence-corrected chi connectivity index (χ2v) is 8.33. The van der Waals surface area contributed by atoms with Crippen LogP contribution in [0.2, 0.25) is 0 Å². The van der Waals surface area contributed by atoms with Crippen LogP contribution < -0.4 is 10.1 Å². The van der Waals surface area contributed by atoms with Crippen molar-refractivity contribution in [2.24, 2.45) is 5.92 Å². The van der Waals surface area contributed by atoms with E-state index in [0.717, 1.165) is 18.4 Å². The minimum atomic E-state index is -4.75. The third kappa shape index (κ3) is 5.83. The van der Waals surface area contributed by atoms with Crippen molar-refractivity contribution < 1.29 is 27.4 Å². The van der Waals surface area contributed by atoms with Crippen LogP contribution in [-0.4, -0.2) is 27.2 Å². The van der Waals surface area contributed by atoms with Crippen molar-refractivity contribution in [3.63, 3.8) is 0 Å². The van der Waals surface area contributed by atoms with Gasteiger partial charge in [0.15, 0.2) is 5.82 Å². The van der Waals surface area contributed by atoms with Gasteiger partial charge >= 0.3 is 12.5 Å². The number of ether oxygens (including phenoxy) is 2. The Morgan fingerprint density at radius 1 is 0.972 bits per heavy atom. The molecule has 1 saturated carbocycles. The van der Waals surface area contributed by atoms with Crippen LogP contribution >= 0.6 is 0 Å². The molecule has 10 heteroatoms. The van der Waals surface area contributed by atoms with E-state index in [1.165, 1.54) is 35.3 Å². The summed E-state index contributed by atoms with van der Waals surface area (Å²) >= 11 is 0. The summed E-state index contributed by atoms with van der Waals surface area (Å²) in [5.41, 5.74) is 2.76. The lowest BCUT2D eigenvalue weighted by molar-refractivity contribution is -0.274. The molecule has 7 nitrogen and oxygen atoms in total. The lowest BCUT2D eigenvalue weighted by Crippen LogP contribution is -2.18. The Hall–Kier alpha value is -4.34. The molecule has 1 N–H and O–H groups in total. The maximum absolute atomic E-state index is 12.5. The highest BCUT2D eigenvalue weighted by atomic mass is 19.4. The molecule has 4 aromatic rings. The number of halogens is 3. The first-order chi connectivity index (χ1) is 17.3. The molecule has 5 rings (SSSR count). The summed E-state index contributed by atoms with van der Waals surface area (Å²) in [6, 6.07) is 21.9. The van der Waals surface area contributed by atoms with Crippen molar-refractivity contribution in [3.8, 4) is 22.8 Å². The van der Waals surface area contributed by atoms with E-state index < -0.39 is 12.5 Å². The Kier molecular flexibility index (Phi) is 6.32. The van der Waals surface area contributed by atoms with Gasteiger partial charge in [0.25, 0.3) is 0 Å². The number of amides is 1. The van der Waals surface area contributed by atoms with E-state index >= 15 is 0 Å². The van der Waals surface area contributed by atoms with Gasteiger partial charge in [0.05, 0.1) is 5.69 Å². The third-order valence-corrected chi connectivity index (χ3v) is 5.63. The summed E-state index contributed by atoms with van der Waals surface area (Å²) < 4.78 is 48.0. The molecular weight excluding hydrogens is 473 g/mol. The Bertz CT molecular complexity index is 1320. The molecule has 1 fully saturated rings. The van der Waals surface area contributed by atoms with Gasteiger partial charge in [0.1, 0.15) is 18.2 Å². The zero-order valence-corrected chi connectivity index (χ0v) is 18.9. The Balaban J connectivity index is 1.21. The Morgan fingerprint density at radius 2 is 1.67 bits per heavy atom. The number of anilines is 1. The monoisotopic (exact) mass is 494 g/mol. The molecule has 0 bridgehead atoms. The molecule has 184 valence electrons. The minimum Gasteiger partial charge on any atom is -0.441 e. The standard InChI is InChI=1S/C26H21F3N4O3/c27-26(28,29)36-22-14-12-21(13-15-22)33-16-30-24(32-33)19-8-10-20(11-9-19)31-25(34)35-23(18-6-7-18)17-4-2-1-3-5-17/h1-5,8-16,18,23H,6-7H2,(H,31,34). The largest absolute Gasteiger partial charge is 0.573 e. The first-order valence-corrected chi connectivity index (χ1v) is 11.2. The quantitative estimate of drug-likeness (QED) is 0.316.